The van der Waals surface area contributed by atoms with Crippen LogP contribution in [0.15, 0.2) is 53.5 Å². The van der Waals surface area contributed by atoms with E-state index in [4.69, 9.17) is 4.74 Å². The number of hydrogen-bond donors (Lipinski definition) is 2. The zero-order valence-corrected chi connectivity index (χ0v) is 20.7. The van der Waals surface area contributed by atoms with Gasteiger partial charge in [0.25, 0.3) is 0 Å². The maximum absolute atomic E-state index is 5.42. The summed E-state index contributed by atoms with van der Waals surface area (Å²) in [6, 6.07) is 17.6. The second kappa shape index (κ2) is 12.8. The lowest BCUT2D eigenvalue weighted by Gasteiger charge is -2.33. The molecule has 1 aliphatic rings. The number of ether oxygens (including phenoxy) is 1. The smallest absolute Gasteiger partial charge is 0.191 e. The van der Waals surface area contributed by atoms with Crippen molar-refractivity contribution in [2.75, 3.05) is 33.8 Å². The number of halogens is 1. The number of benzene rings is 2. The first-order valence-electron chi connectivity index (χ1n) is 10.5. The molecule has 2 aromatic carbocycles. The van der Waals surface area contributed by atoms with Crippen molar-refractivity contribution in [1.29, 1.82) is 0 Å². The van der Waals surface area contributed by atoms with Crippen LogP contribution in [-0.2, 0) is 13.0 Å². The molecule has 5 nitrogen and oxygen atoms in total. The van der Waals surface area contributed by atoms with Crippen molar-refractivity contribution in [2.45, 2.75) is 38.8 Å². The van der Waals surface area contributed by atoms with Gasteiger partial charge in [-0.2, -0.15) is 0 Å². The van der Waals surface area contributed by atoms with Gasteiger partial charge in [-0.25, -0.2) is 0 Å². The molecule has 0 amide bonds. The van der Waals surface area contributed by atoms with Gasteiger partial charge in [0.15, 0.2) is 5.96 Å². The van der Waals surface area contributed by atoms with Crippen LogP contribution < -0.4 is 15.4 Å². The van der Waals surface area contributed by atoms with Gasteiger partial charge in [0.1, 0.15) is 5.75 Å². The molecule has 1 saturated heterocycles. The Morgan fingerprint density at radius 3 is 2.50 bits per heavy atom. The number of methoxy groups -OCH3 is 1. The summed E-state index contributed by atoms with van der Waals surface area (Å²) in [6.45, 7) is 6.19. The minimum atomic E-state index is 0. The highest BCUT2D eigenvalue weighted by molar-refractivity contribution is 14.0. The largest absolute Gasteiger partial charge is 0.496 e. The molecule has 0 spiro atoms. The Bertz CT molecular complexity index is 789. The van der Waals surface area contributed by atoms with Crippen LogP contribution in [0, 0.1) is 6.92 Å². The molecule has 0 atom stereocenters. The first kappa shape index (κ1) is 24.5. The van der Waals surface area contributed by atoms with Crippen molar-refractivity contribution in [2.24, 2.45) is 4.99 Å². The number of piperidine rings is 1. The van der Waals surface area contributed by atoms with Crippen molar-refractivity contribution in [3.05, 3.63) is 65.2 Å². The Morgan fingerprint density at radius 1 is 1.10 bits per heavy atom. The van der Waals surface area contributed by atoms with E-state index in [0.717, 1.165) is 57.2 Å². The van der Waals surface area contributed by atoms with Gasteiger partial charge in [-0.1, -0.05) is 42.5 Å². The number of guanidine groups is 1. The van der Waals surface area contributed by atoms with E-state index in [1.54, 1.807) is 7.11 Å². The summed E-state index contributed by atoms with van der Waals surface area (Å²) in [5.74, 6) is 1.85. The second-order valence-electron chi connectivity index (χ2n) is 7.73. The summed E-state index contributed by atoms with van der Waals surface area (Å²) in [6.07, 6.45) is 3.22. The lowest BCUT2D eigenvalue weighted by molar-refractivity contribution is 0.198. The molecule has 2 aromatic rings. The van der Waals surface area contributed by atoms with Gasteiger partial charge < -0.3 is 15.4 Å². The van der Waals surface area contributed by atoms with Gasteiger partial charge >= 0.3 is 0 Å². The van der Waals surface area contributed by atoms with E-state index in [0.29, 0.717) is 6.04 Å². The molecule has 6 heteroatoms. The Kier molecular flexibility index (Phi) is 10.4. The Balaban J connectivity index is 0.00000320. The highest BCUT2D eigenvalue weighted by Gasteiger charge is 2.19. The van der Waals surface area contributed by atoms with Gasteiger partial charge in [-0.05, 0) is 48.9 Å². The standard InChI is InChI=1S/C24H34N4O.HI/c1-19-9-10-20(17-23(19)29-3)11-14-26-24(25-2)27-22-12-15-28(16-13-22)18-21-7-5-4-6-8-21;/h4-10,17,22H,11-16,18H2,1-3H3,(H2,25,26,27);1H. The fourth-order valence-corrected chi connectivity index (χ4v) is 3.81. The topological polar surface area (TPSA) is 48.9 Å². The number of likely N-dealkylation sites (tertiary alicyclic amines) is 1. The van der Waals surface area contributed by atoms with Crippen molar-refractivity contribution < 1.29 is 4.74 Å². The quantitative estimate of drug-likeness (QED) is 0.328. The van der Waals surface area contributed by atoms with E-state index < -0.39 is 0 Å². The van der Waals surface area contributed by atoms with Gasteiger partial charge in [0.05, 0.1) is 7.11 Å². The summed E-state index contributed by atoms with van der Waals surface area (Å²) < 4.78 is 5.42. The third-order valence-corrected chi connectivity index (χ3v) is 5.58. The summed E-state index contributed by atoms with van der Waals surface area (Å²) >= 11 is 0. The molecular formula is C24H35IN4O. The Morgan fingerprint density at radius 2 is 1.83 bits per heavy atom. The number of nitrogens with one attached hydrogen (secondary N) is 2. The molecular weight excluding hydrogens is 487 g/mol. The van der Waals surface area contributed by atoms with E-state index >= 15 is 0 Å². The number of hydrogen-bond acceptors (Lipinski definition) is 3. The van der Waals surface area contributed by atoms with Gasteiger partial charge in [-0.15, -0.1) is 24.0 Å². The highest BCUT2D eigenvalue weighted by Crippen LogP contribution is 2.19. The van der Waals surface area contributed by atoms with E-state index in [-0.39, 0.29) is 24.0 Å². The molecule has 0 radical (unpaired) electrons. The molecule has 2 N–H and O–H groups in total. The molecule has 164 valence electrons. The van der Waals surface area contributed by atoms with Crippen molar-refractivity contribution in [3.63, 3.8) is 0 Å². The summed E-state index contributed by atoms with van der Waals surface area (Å²) in [5.41, 5.74) is 3.83. The van der Waals surface area contributed by atoms with Crippen LogP contribution in [0.5, 0.6) is 5.75 Å². The minimum Gasteiger partial charge on any atom is -0.496 e. The Labute approximate surface area is 198 Å². The average Bonchev–Trinajstić information content (AvgIpc) is 2.76. The van der Waals surface area contributed by atoms with Gasteiger partial charge in [0, 0.05) is 39.3 Å². The predicted molar refractivity (Wildman–Crippen MR) is 136 cm³/mol. The first-order chi connectivity index (χ1) is 14.2. The lowest BCUT2D eigenvalue weighted by Crippen LogP contribution is -2.48. The average molecular weight is 522 g/mol. The zero-order chi connectivity index (χ0) is 20.5. The normalized spacial score (nSPS) is 15.4. The number of aliphatic imine (C=N–C) groups is 1. The molecule has 30 heavy (non-hydrogen) atoms. The number of aryl methyl sites for hydroxylation is 1. The fraction of sp³-hybridized carbons (Fsp3) is 0.458. The molecule has 0 bridgehead atoms. The van der Waals surface area contributed by atoms with Crippen LogP contribution in [0.3, 0.4) is 0 Å². The highest BCUT2D eigenvalue weighted by atomic mass is 127. The maximum atomic E-state index is 5.42. The summed E-state index contributed by atoms with van der Waals surface area (Å²) in [7, 11) is 3.57. The monoisotopic (exact) mass is 522 g/mol. The van der Waals surface area contributed by atoms with Crippen molar-refractivity contribution in [1.82, 2.24) is 15.5 Å². The molecule has 3 rings (SSSR count). The molecule has 0 aliphatic carbocycles. The molecule has 0 unspecified atom stereocenters. The maximum Gasteiger partial charge on any atom is 0.191 e. The second-order valence-corrected chi connectivity index (χ2v) is 7.73. The third-order valence-electron chi connectivity index (χ3n) is 5.58. The molecule has 0 saturated carbocycles. The minimum absolute atomic E-state index is 0. The molecule has 1 heterocycles. The molecule has 1 fully saturated rings. The van der Waals surface area contributed by atoms with E-state index in [9.17, 15) is 0 Å². The zero-order valence-electron chi connectivity index (χ0n) is 18.4. The third kappa shape index (κ3) is 7.47. The van der Waals surface area contributed by atoms with Crippen molar-refractivity contribution in [3.8, 4) is 5.75 Å². The fourth-order valence-electron chi connectivity index (χ4n) is 3.81. The molecule has 1 aliphatic heterocycles. The van der Waals surface area contributed by atoms with Crippen LogP contribution in [0.25, 0.3) is 0 Å². The Hall–Kier alpha value is -1.80. The number of nitrogens with zero attached hydrogens (tertiary/aromatic N) is 2. The van der Waals surface area contributed by atoms with E-state index in [2.05, 4.69) is 76.0 Å². The van der Waals surface area contributed by atoms with Gasteiger partial charge in [-0.3, -0.25) is 9.89 Å². The van der Waals surface area contributed by atoms with E-state index in [1.165, 1.54) is 16.7 Å². The van der Waals surface area contributed by atoms with Crippen LogP contribution in [0.2, 0.25) is 0 Å². The van der Waals surface area contributed by atoms with Crippen LogP contribution in [0.4, 0.5) is 0 Å². The van der Waals surface area contributed by atoms with Crippen LogP contribution >= 0.6 is 24.0 Å². The van der Waals surface area contributed by atoms with E-state index in [1.807, 2.05) is 7.05 Å². The van der Waals surface area contributed by atoms with Gasteiger partial charge in [0.2, 0.25) is 0 Å². The predicted octanol–water partition coefficient (Wildman–Crippen LogP) is 3.99. The lowest BCUT2D eigenvalue weighted by atomic mass is 10.0. The van der Waals surface area contributed by atoms with Crippen LogP contribution in [-0.4, -0.2) is 50.7 Å². The number of rotatable bonds is 7. The summed E-state index contributed by atoms with van der Waals surface area (Å²) in [4.78, 5) is 6.94. The SMILES string of the molecule is CN=C(NCCc1ccc(C)c(OC)c1)NC1CCN(Cc2ccccc2)CC1.I. The summed E-state index contributed by atoms with van der Waals surface area (Å²) in [5, 5.41) is 7.05. The van der Waals surface area contributed by atoms with Crippen molar-refractivity contribution >= 4 is 29.9 Å². The molecule has 0 aromatic heterocycles. The van der Waals surface area contributed by atoms with Crippen LogP contribution in [0.1, 0.15) is 29.5 Å². The first-order valence-corrected chi connectivity index (χ1v) is 10.5.